The van der Waals surface area contributed by atoms with Crippen molar-refractivity contribution in [2.45, 2.75) is 5.03 Å². The van der Waals surface area contributed by atoms with Gasteiger partial charge in [0, 0.05) is 16.7 Å². The van der Waals surface area contributed by atoms with E-state index in [0.717, 1.165) is 0 Å². The van der Waals surface area contributed by atoms with Gasteiger partial charge in [0.1, 0.15) is 5.75 Å². The van der Waals surface area contributed by atoms with Crippen LogP contribution in [0.2, 0.25) is 0 Å². The molecule has 8 heteroatoms. The highest BCUT2D eigenvalue weighted by molar-refractivity contribution is 8.13. The van der Waals surface area contributed by atoms with E-state index in [4.69, 9.17) is 15.4 Å². The van der Waals surface area contributed by atoms with Crippen molar-refractivity contribution in [2.75, 3.05) is 7.11 Å². The second-order valence-electron chi connectivity index (χ2n) is 3.14. The Morgan fingerprint density at radius 3 is 2.76 bits per heavy atom. The SMILES string of the molecule is COc1cccc(-n2cc(S(=O)(=O)Cl)nn2)c1. The molecule has 0 saturated heterocycles. The van der Waals surface area contributed by atoms with E-state index in [2.05, 4.69) is 10.3 Å². The van der Waals surface area contributed by atoms with Gasteiger partial charge >= 0.3 is 0 Å². The predicted octanol–water partition coefficient (Wildman–Crippen LogP) is 1.20. The Labute approximate surface area is 102 Å². The number of halogens is 1. The van der Waals surface area contributed by atoms with Gasteiger partial charge in [-0.1, -0.05) is 11.3 Å². The summed E-state index contributed by atoms with van der Waals surface area (Å²) in [6.45, 7) is 0. The second-order valence-corrected chi connectivity index (χ2v) is 5.65. The number of hydrogen-bond acceptors (Lipinski definition) is 5. The molecule has 2 aromatic rings. The summed E-state index contributed by atoms with van der Waals surface area (Å²) in [6.07, 6.45) is 1.23. The van der Waals surface area contributed by atoms with Crippen molar-refractivity contribution >= 4 is 19.7 Å². The van der Waals surface area contributed by atoms with Crippen molar-refractivity contribution in [3.8, 4) is 11.4 Å². The molecule has 0 aliphatic rings. The van der Waals surface area contributed by atoms with Gasteiger partial charge in [0.2, 0.25) is 5.03 Å². The van der Waals surface area contributed by atoms with E-state index in [-0.39, 0.29) is 5.03 Å². The fourth-order valence-corrected chi connectivity index (χ4v) is 1.81. The normalized spacial score (nSPS) is 11.4. The van der Waals surface area contributed by atoms with Crippen LogP contribution < -0.4 is 4.74 Å². The summed E-state index contributed by atoms with van der Waals surface area (Å²) in [5, 5.41) is 6.86. The summed E-state index contributed by atoms with van der Waals surface area (Å²) in [7, 11) is 2.83. The lowest BCUT2D eigenvalue weighted by Crippen LogP contribution is -1.95. The maximum absolute atomic E-state index is 11.0. The lowest BCUT2D eigenvalue weighted by molar-refractivity contribution is 0.414. The molecule has 0 aliphatic carbocycles. The molecular weight excluding hydrogens is 266 g/mol. The Bertz CT molecular complexity index is 638. The van der Waals surface area contributed by atoms with Crippen molar-refractivity contribution in [3.63, 3.8) is 0 Å². The highest BCUT2D eigenvalue weighted by Crippen LogP contribution is 2.17. The molecule has 0 bridgehead atoms. The average Bonchev–Trinajstić information content (AvgIpc) is 2.78. The summed E-state index contributed by atoms with van der Waals surface area (Å²) < 4.78 is 28.4. The lowest BCUT2D eigenvalue weighted by Gasteiger charge is -2.02. The lowest BCUT2D eigenvalue weighted by atomic mass is 10.3. The summed E-state index contributed by atoms with van der Waals surface area (Å²) >= 11 is 0. The highest BCUT2D eigenvalue weighted by Gasteiger charge is 2.15. The zero-order valence-corrected chi connectivity index (χ0v) is 10.3. The Kier molecular flexibility index (Phi) is 3.03. The van der Waals surface area contributed by atoms with Crippen molar-refractivity contribution in [1.29, 1.82) is 0 Å². The molecule has 0 atom stereocenters. The van der Waals surface area contributed by atoms with Crippen LogP contribution in [0.1, 0.15) is 0 Å². The first kappa shape index (κ1) is 11.9. The first-order valence-corrected chi connectivity index (χ1v) is 6.83. The van der Waals surface area contributed by atoms with Gasteiger partial charge < -0.3 is 4.74 Å². The molecule has 17 heavy (non-hydrogen) atoms. The molecular formula is C9H8ClN3O3S. The summed E-state index contributed by atoms with van der Waals surface area (Å²) in [4.78, 5) is 0. The number of ether oxygens (including phenoxy) is 1. The summed E-state index contributed by atoms with van der Waals surface area (Å²) in [5.74, 6) is 0.633. The van der Waals surface area contributed by atoms with Gasteiger partial charge in [-0.15, -0.1) is 5.10 Å². The van der Waals surface area contributed by atoms with E-state index >= 15 is 0 Å². The van der Waals surface area contributed by atoms with Crippen molar-refractivity contribution in [3.05, 3.63) is 30.5 Å². The van der Waals surface area contributed by atoms with E-state index in [1.807, 2.05) is 0 Å². The van der Waals surface area contributed by atoms with Crippen LogP contribution in [-0.4, -0.2) is 30.5 Å². The molecule has 1 aromatic carbocycles. The molecule has 2 rings (SSSR count). The molecule has 1 aromatic heterocycles. The molecule has 0 aliphatic heterocycles. The fourth-order valence-electron chi connectivity index (χ4n) is 1.24. The van der Waals surface area contributed by atoms with Crippen molar-refractivity contribution in [2.24, 2.45) is 0 Å². The van der Waals surface area contributed by atoms with Gasteiger partial charge in [-0.25, -0.2) is 13.1 Å². The Balaban J connectivity index is 2.43. The first-order valence-electron chi connectivity index (χ1n) is 4.52. The third-order valence-corrected chi connectivity index (χ3v) is 3.20. The molecule has 0 spiro atoms. The van der Waals surface area contributed by atoms with Gasteiger partial charge in [-0.05, 0) is 12.1 Å². The van der Waals surface area contributed by atoms with E-state index in [9.17, 15) is 8.42 Å². The van der Waals surface area contributed by atoms with Crippen LogP contribution in [0, 0.1) is 0 Å². The zero-order chi connectivity index (χ0) is 12.5. The predicted molar refractivity (Wildman–Crippen MR) is 60.9 cm³/mol. The van der Waals surface area contributed by atoms with Gasteiger partial charge in [0.25, 0.3) is 9.05 Å². The van der Waals surface area contributed by atoms with Crippen molar-refractivity contribution in [1.82, 2.24) is 15.0 Å². The molecule has 90 valence electrons. The van der Waals surface area contributed by atoms with Crippen LogP contribution in [0.4, 0.5) is 0 Å². The first-order chi connectivity index (χ1) is 8.00. The quantitative estimate of drug-likeness (QED) is 0.786. The third kappa shape index (κ3) is 2.56. The van der Waals surface area contributed by atoms with Crippen molar-refractivity contribution < 1.29 is 13.2 Å². The molecule has 0 amide bonds. The van der Waals surface area contributed by atoms with Gasteiger partial charge in [-0.3, -0.25) is 0 Å². The molecule has 0 radical (unpaired) electrons. The topological polar surface area (TPSA) is 74.1 Å². The standard InChI is InChI=1S/C9H8ClN3O3S/c1-16-8-4-2-3-7(5-8)13-6-9(11-12-13)17(10,14)15/h2-6H,1H3. The molecule has 0 fully saturated rings. The summed E-state index contributed by atoms with van der Waals surface area (Å²) in [6, 6.07) is 6.95. The van der Waals surface area contributed by atoms with Gasteiger partial charge in [-0.2, -0.15) is 0 Å². The van der Waals surface area contributed by atoms with E-state index in [1.165, 1.54) is 18.0 Å². The molecule has 0 unspecified atom stereocenters. The zero-order valence-electron chi connectivity index (χ0n) is 8.74. The highest BCUT2D eigenvalue weighted by atomic mass is 35.7. The van der Waals surface area contributed by atoms with Crippen LogP contribution in [0.15, 0.2) is 35.5 Å². The number of rotatable bonds is 3. The number of benzene rings is 1. The minimum Gasteiger partial charge on any atom is -0.497 e. The Hall–Kier alpha value is -1.60. The van der Waals surface area contributed by atoms with Crippen LogP contribution >= 0.6 is 10.7 Å². The fraction of sp³-hybridized carbons (Fsp3) is 0.111. The van der Waals surface area contributed by atoms with E-state index < -0.39 is 9.05 Å². The number of methoxy groups -OCH3 is 1. The van der Waals surface area contributed by atoms with Gasteiger partial charge in [0.05, 0.1) is 19.0 Å². The van der Waals surface area contributed by atoms with E-state index in [1.54, 1.807) is 24.3 Å². The number of nitrogens with zero attached hydrogens (tertiary/aromatic N) is 3. The third-order valence-electron chi connectivity index (χ3n) is 2.04. The van der Waals surface area contributed by atoms with Crippen LogP contribution in [0.25, 0.3) is 5.69 Å². The molecule has 0 N–H and O–H groups in total. The van der Waals surface area contributed by atoms with Crippen LogP contribution in [0.3, 0.4) is 0 Å². The number of hydrogen-bond donors (Lipinski definition) is 0. The largest absolute Gasteiger partial charge is 0.497 e. The maximum Gasteiger partial charge on any atom is 0.282 e. The monoisotopic (exact) mass is 273 g/mol. The van der Waals surface area contributed by atoms with Gasteiger partial charge in [0.15, 0.2) is 0 Å². The molecule has 6 nitrogen and oxygen atoms in total. The number of aromatic nitrogens is 3. The second kappa shape index (κ2) is 4.34. The minimum atomic E-state index is -3.86. The maximum atomic E-state index is 11.0. The molecule has 1 heterocycles. The molecule has 0 saturated carbocycles. The minimum absolute atomic E-state index is 0.290. The Morgan fingerprint density at radius 2 is 2.18 bits per heavy atom. The average molecular weight is 274 g/mol. The summed E-state index contributed by atoms with van der Waals surface area (Å²) in [5.41, 5.74) is 0.628. The Morgan fingerprint density at radius 1 is 1.41 bits per heavy atom. The van der Waals surface area contributed by atoms with Crippen LogP contribution in [-0.2, 0) is 9.05 Å². The smallest absolute Gasteiger partial charge is 0.282 e. The van der Waals surface area contributed by atoms with E-state index in [0.29, 0.717) is 11.4 Å². The van der Waals surface area contributed by atoms with Crippen LogP contribution in [0.5, 0.6) is 5.75 Å².